The van der Waals surface area contributed by atoms with Gasteiger partial charge in [0, 0.05) is 17.2 Å². The summed E-state index contributed by atoms with van der Waals surface area (Å²) in [5.41, 5.74) is 3.16. The second-order valence-electron chi connectivity index (χ2n) is 5.52. The van der Waals surface area contributed by atoms with E-state index in [9.17, 15) is 10.4 Å². The van der Waals surface area contributed by atoms with Crippen LogP contribution in [0.2, 0.25) is 0 Å². The SMILES string of the molecule is COc1ccc(-c2cc(C#N)c(=S)[nH]c2-c2ccc(OC)cc2O)cc1. The van der Waals surface area contributed by atoms with E-state index in [0.717, 1.165) is 16.9 Å². The standard InChI is InChI=1S/C20H16N2O3S/c1-24-14-5-3-12(4-6-14)17-9-13(11-21)20(26)22-19(17)16-8-7-15(25-2)10-18(16)23/h3-10,23H,1-2H3,(H,22,26). The van der Waals surface area contributed by atoms with Gasteiger partial charge in [-0.3, -0.25) is 0 Å². The minimum Gasteiger partial charge on any atom is -0.507 e. The van der Waals surface area contributed by atoms with E-state index in [1.807, 2.05) is 24.3 Å². The number of nitrogens with zero attached hydrogens (tertiary/aromatic N) is 1. The predicted molar refractivity (Wildman–Crippen MR) is 102 cm³/mol. The molecule has 0 saturated carbocycles. The molecule has 0 spiro atoms. The van der Waals surface area contributed by atoms with Gasteiger partial charge < -0.3 is 19.6 Å². The lowest BCUT2D eigenvalue weighted by Crippen LogP contribution is -1.94. The van der Waals surface area contributed by atoms with E-state index < -0.39 is 0 Å². The molecule has 0 aliphatic heterocycles. The van der Waals surface area contributed by atoms with Crippen molar-refractivity contribution in [1.29, 1.82) is 5.26 Å². The van der Waals surface area contributed by atoms with Gasteiger partial charge in [-0.05, 0) is 35.9 Å². The second kappa shape index (κ2) is 7.30. The molecule has 0 fully saturated rings. The number of pyridine rings is 1. The maximum Gasteiger partial charge on any atom is 0.128 e. The minimum atomic E-state index is 0.0504. The summed E-state index contributed by atoms with van der Waals surface area (Å²) in [6.07, 6.45) is 0. The van der Waals surface area contributed by atoms with Gasteiger partial charge in [-0.15, -0.1) is 0 Å². The Bertz CT molecular complexity index is 1050. The van der Waals surface area contributed by atoms with Gasteiger partial charge in [-0.2, -0.15) is 5.26 Å². The highest BCUT2D eigenvalue weighted by Gasteiger charge is 2.15. The summed E-state index contributed by atoms with van der Waals surface area (Å²) >= 11 is 5.28. The molecule has 0 atom stereocenters. The Hall–Kier alpha value is -3.30. The molecule has 0 bridgehead atoms. The van der Waals surface area contributed by atoms with E-state index in [1.165, 1.54) is 13.2 Å². The van der Waals surface area contributed by atoms with Crippen molar-refractivity contribution >= 4 is 12.2 Å². The van der Waals surface area contributed by atoms with Crippen LogP contribution in [0.3, 0.4) is 0 Å². The van der Waals surface area contributed by atoms with Crippen LogP contribution in [-0.2, 0) is 0 Å². The maximum absolute atomic E-state index is 10.4. The smallest absolute Gasteiger partial charge is 0.128 e. The van der Waals surface area contributed by atoms with E-state index in [0.29, 0.717) is 27.2 Å². The number of benzene rings is 2. The largest absolute Gasteiger partial charge is 0.507 e. The number of aromatic nitrogens is 1. The van der Waals surface area contributed by atoms with Crippen LogP contribution >= 0.6 is 12.2 Å². The Labute approximate surface area is 156 Å². The number of aromatic amines is 1. The number of nitrogens with one attached hydrogen (secondary N) is 1. The topological polar surface area (TPSA) is 78.3 Å². The van der Waals surface area contributed by atoms with Crippen molar-refractivity contribution in [1.82, 2.24) is 4.98 Å². The fourth-order valence-electron chi connectivity index (χ4n) is 2.67. The van der Waals surface area contributed by atoms with Crippen LogP contribution in [0.1, 0.15) is 5.56 Å². The zero-order chi connectivity index (χ0) is 18.7. The third-order valence-electron chi connectivity index (χ3n) is 4.04. The molecule has 130 valence electrons. The number of nitriles is 1. The van der Waals surface area contributed by atoms with Crippen molar-refractivity contribution in [2.45, 2.75) is 0 Å². The molecule has 1 aromatic heterocycles. The summed E-state index contributed by atoms with van der Waals surface area (Å²) in [4.78, 5) is 3.08. The molecule has 0 radical (unpaired) electrons. The predicted octanol–water partition coefficient (Wildman–Crippen LogP) is 4.67. The first-order chi connectivity index (χ1) is 12.6. The highest BCUT2D eigenvalue weighted by atomic mass is 32.1. The van der Waals surface area contributed by atoms with E-state index in [1.54, 1.807) is 25.3 Å². The molecule has 3 rings (SSSR count). The molecule has 3 aromatic rings. The van der Waals surface area contributed by atoms with Crippen molar-refractivity contribution in [3.8, 4) is 45.7 Å². The third kappa shape index (κ3) is 3.25. The first-order valence-electron chi connectivity index (χ1n) is 7.76. The molecule has 2 aromatic carbocycles. The molecule has 1 heterocycles. The Morgan fingerprint density at radius 3 is 2.19 bits per heavy atom. The normalized spacial score (nSPS) is 10.2. The van der Waals surface area contributed by atoms with Crippen LogP contribution in [0, 0.1) is 16.0 Å². The van der Waals surface area contributed by atoms with E-state index >= 15 is 0 Å². The van der Waals surface area contributed by atoms with Gasteiger partial charge in [0.1, 0.15) is 28.0 Å². The molecule has 5 nitrogen and oxygen atoms in total. The van der Waals surface area contributed by atoms with Crippen molar-refractivity contribution in [3.05, 3.63) is 58.7 Å². The zero-order valence-corrected chi connectivity index (χ0v) is 15.1. The summed E-state index contributed by atoms with van der Waals surface area (Å²) in [7, 11) is 3.13. The number of aromatic hydroxyl groups is 1. The van der Waals surface area contributed by atoms with Crippen LogP contribution in [0.4, 0.5) is 0 Å². The summed E-state index contributed by atoms with van der Waals surface area (Å²) < 4.78 is 10.7. The van der Waals surface area contributed by atoms with Crippen LogP contribution in [0.25, 0.3) is 22.4 Å². The summed E-state index contributed by atoms with van der Waals surface area (Å²) in [5.74, 6) is 1.32. The van der Waals surface area contributed by atoms with Crippen LogP contribution in [0.5, 0.6) is 17.2 Å². The molecule has 26 heavy (non-hydrogen) atoms. The van der Waals surface area contributed by atoms with Gasteiger partial charge in [0.15, 0.2) is 0 Å². The third-order valence-corrected chi connectivity index (χ3v) is 4.36. The van der Waals surface area contributed by atoms with E-state index in [2.05, 4.69) is 11.1 Å². The van der Waals surface area contributed by atoms with Crippen molar-refractivity contribution in [2.24, 2.45) is 0 Å². The molecule has 0 saturated heterocycles. The van der Waals surface area contributed by atoms with E-state index in [-0.39, 0.29) is 5.75 Å². The number of rotatable bonds is 4. The molecule has 0 unspecified atom stereocenters. The molecule has 0 aliphatic carbocycles. The first kappa shape index (κ1) is 17.5. The summed E-state index contributed by atoms with van der Waals surface area (Å²) in [6.45, 7) is 0. The summed E-state index contributed by atoms with van der Waals surface area (Å²) in [5, 5.41) is 19.8. The fourth-order valence-corrected chi connectivity index (χ4v) is 2.88. The fraction of sp³-hybridized carbons (Fsp3) is 0.100. The van der Waals surface area contributed by atoms with Gasteiger partial charge >= 0.3 is 0 Å². The number of hydrogen-bond donors (Lipinski definition) is 2. The lowest BCUT2D eigenvalue weighted by Gasteiger charge is -2.13. The first-order valence-corrected chi connectivity index (χ1v) is 8.17. The molecular formula is C20H16N2O3S. The lowest BCUT2D eigenvalue weighted by atomic mass is 9.97. The van der Waals surface area contributed by atoms with Crippen molar-refractivity contribution < 1.29 is 14.6 Å². The summed E-state index contributed by atoms with van der Waals surface area (Å²) in [6, 6.07) is 16.3. The van der Waals surface area contributed by atoms with Crippen LogP contribution < -0.4 is 9.47 Å². The number of methoxy groups -OCH3 is 2. The molecule has 0 aliphatic rings. The quantitative estimate of drug-likeness (QED) is 0.658. The Balaban J connectivity index is 2.25. The van der Waals surface area contributed by atoms with Crippen LogP contribution in [0.15, 0.2) is 48.5 Å². The lowest BCUT2D eigenvalue weighted by molar-refractivity contribution is 0.408. The Kier molecular flexibility index (Phi) is 4.92. The number of phenolic OH excluding ortho intramolecular Hbond substituents is 1. The van der Waals surface area contributed by atoms with Crippen molar-refractivity contribution in [2.75, 3.05) is 14.2 Å². The number of H-pyrrole nitrogens is 1. The van der Waals surface area contributed by atoms with Gasteiger partial charge in [-0.25, -0.2) is 0 Å². The molecule has 0 amide bonds. The highest BCUT2D eigenvalue weighted by molar-refractivity contribution is 7.71. The van der Waals surface area contributed by atoms with Gasteiger partial charge in [0.05, 0.1) is 25.5 Å². The molecular weight excluding hydrogens is 348 g/mol. The average Bonchev–Trinajstić information content (AvgIpc) is 2.67. The van der Waals surface area contributed by atoms with Gasteiger partial charge in [0.2, 0.25) is 0 Å². The maximum atomic E-state index is 10.4. The van der Waals surface area contributed by atoms with Crippen LogP contribution in [-0.4, -0.2) is 24.3 Å². The minimum absolute atomic E-state index is 0.0504. The number of phenols is 1. The van der Waals surface area contributed by atoms with Gasteiger partial charge in [0.25, 0.3) is 0 Å². The Morgan fingerprint density at radius 2 is 1.62 bits per heavy atom. The Morgan fingerprint density at radius 1 is 0.962 bits per heavy atom. The monoisotopic (exact) mass is 364 g/mol. The second-order valence-corrected chi connectivity index (χ2v) is 5.93. The van der Waals surface area contributed by atoms with E-state index in [4.69, 9.17) is 21.7 Å². The number of ether oxygens (including phenoxy) is 2. The van der Waals surface area contributed by atoms with Crippen molar-refractivity contribution in [3.63, 3.8) is 0 Å². The highest BCUT2D eigenvalue weighted by Crippen LogP contribution is 2.38. The molecule has 6 heteroatoms. The molecule has 2 N–H and O–H groups in total. The zero-order valence-electron chi connectivity index (χ0n) is 14.2. The average molecular weight is 364 g/mol. The number of hydrogen-bond acceptors (Lipinski definition) is 5. The van der Waals surface area contributed by atoms with Gasteiger partial charge in [-0.1, -0.05) is 24.4 Å².